The Morgan fingerprint density at radius 3 is 0.971 bits per heavy atom. The van der Waals surface area contributed by atoms with E-state index in [1.165, 1.54) is 93.7 Å². The summed E-state index contributed by atoms with van der Waals surface area (Å²) < 4.78 is 4.78. The fourth-order valence-corrected chi connectivity index (χ4v) is 10.6. The fourth-order valence-electron chi connectivity index (χ4n) is 10.6. The molecule has 0 aliphatic carbocycles. The highest BCUT2D eigenvalue weighted by Crippen LogP contribution is 2.46. The Bertz CT molecular complexity index is 3870. The first-order valence-corrected chi connectivity index (χ1v) is 23.4. The Morgan fingerprint density at radius 1 is 0.191 bits per heavy atom. The van der Waals surface area contributed by atoms with Gasteiger partial charge in [0.15, 0.2) is 0 Å². The zero-order chi connectivity index (χ0) is 45.0. The van der Waals surface area contributed by atoms with Gasteiger partial charge in [0, 0.05) is 32.9 Å². The number of aromatic nitrogens is 2. The molecule has 2 heterocycles. The first-order chi connectivity index (χ1) is 33.7. The topological polar surface area (TPSA) is 9.86 Å². The lowest BCUT2D eigenvalue weighted by molar-refractivity contribution is 1.18. The Kier molecular flexibility index (Phi) is 9.54. The average Bonchev–Trinajstić information content (AvgIpc) is 3.94. The van der Waals surface area contributed by atoms with E-state index in [4.69, 9.17) is 0 Å². The SMILES string of the molecule is c1ccc(-c2cc(-c3ccccc3)c(-c3ccccc3)c(-c3ccc(-c4ccc(-n5c6ccccc6c6ccccc65)cc4)c(-c4ccc(-n5c6ccccc6c6ccccc65)cc4)c3)c2)cc1. The summed E-state index contributed by atoms with van der Waals surface area (Å²) in [6.07, 6.45) is 0. The van der Waals surface area contributed by atoms with Gasteiger partial charge in [-0.25, -0.2) is 0 Å². The molecule has 0 aliphatic rings. The van der Waals surface area contributed by atoms with Crippen LogP contribution in [0.4, 0.5) is 0 Å². The van der Waals surface area contributed by atoms with E-state index >= 15 is 0 Å². The Labute approximate surface area is 395 Å². The highest BCUT2D eigenvalue weighted by Gasteiger charge is 2.20. The second-order valence-electron chi connectivity index (χ2n) is 17.6. The van der Waals surface area contributed by atoms with Crippen molar-refractivity contribution in [3.63, 3.8) is 0 Å². The van der Waals surface area contributed by atoms with Crippen molar-refractivity contribution in [1.82, 2.24) is 9.13 Å². The lowest BCUT2D eigenvalue weighted by Gasteiger charge is -2.21. The summed E-state index contributed by atoms with van der Waals surface area (Å²) in [5.74, 6) is 0. The Morgan fingerprint density at radius 2 is 0.515 bits per heavy atom. The molecule has 2 aromatic heterocycles. The summed E-state index contributed by atoms with van der Waals surface area (Å²) in [4.78, 5) is 0. The van der Waals surface area contributed by atoms with E-state index < -0.39 is 0 Å². The molecule has 2 nitrogen and oxygen atoms in total. The molecule has 0 fully saturated rings. The average molecular weight is 865 g/mol. The summed E-state index contributed by atoms with van der Waals surface area (Å²) >= 11 is 0. The van der Waals surface area contributed by atoms with Gasteiger partial charge in [-0.2, -0.15) is 0 Å². The minimum absolute atomic E-state index is 1.13. The Balaban J connectivity index is 1.02. The third-order valence-corrected chi connectivity index (χ3v) is 13.8. The standard InChI is InChI=1S/C66H44N2/c1-4-18-45(19-5-1)51-43-60(46-20-6-2-7-21-46)66(49-22-8-3-9-23-49)61(44-51)50-36-41-54(47-32-37-52(38-33-47)67-62-28-14-10-24-55(62)56-25-11-15-29-63(56)67)59(42-50)48-34-39-53(40-35-48)68-64-30-16-12-26-57(64)58-27-13-17-31-65(58)68/h1-44H. The van der Waals surface area contributed by atoms with Crippen molar-refractivity contribution in [3.8, 4) is 78.1 Å². The van der Waals surface area contributed by atoms with Gasteiger partial charge in [-0.3, -0.25) is 0 Å². The van der Waals surface area contributed by atoms with E-state index in [2.05, 4.69) is 276 Å². The monoisotopic (exact) mass is 864 g/mol. The van der Waals surface area contributed by atoms with E-state index in [-0.39, 0.29) is 0 Å². The van der Waals surface area contributed by atoms with Crippen molar-refractivity contribution < 1.29 is 0 Å². The van der Waals surface area contributed by atoms with Gasteiger partial charge < -0.3 is 9.13 Å². The molecule has 0 aliphatic heterocycles. The summed E-state index contributed by atoms with van der Waals surface area (Å²) in [6, 6.07) is 97.6. The van der Waals surface area contributed by atoms with Crippen LogP contribution in [0.3, 0.4) is 0 Å². The molecule has 2 heteroatoms. The first kappa shape index (κ1) is 39.4. The van der Waals surface area contributed by atoms with Crippen molar-refractivity contribution in [3.05, 3.63) is 267 Å². The molecule has 0 amide bonds. The van der Waals surface area contributed by atoms with Crippen molar-refractivity contribution in [2.24, 2.45) is 0 Å². The van der Waals surface area contributed by atoms with E-state index in [0.29, 0.717) is 0 Å². The molecule has 0 saturated carbocycles. The van der Waals surface area contributed by atoms with Crippen LogP contribution in [-0.4, -0.2) is 9.13 Å². The molecule has 318 valence electrons. The quantitative estimate of drug-likeness (QED) is 0.144. The normalized spacial score (nSPS) is 11.5. The molecule has 0 atom stereocenters. The van der Waals surface area contributed by atoms with Gasteiger partial charge in [-0.05, 0) is 133 Å². The summed E-state index contributed by atoms with van der Waals surface area (Å²) in [5, 5.41) is 5.04. The second kappa shape index (κ2) is 16.5. The molecule has 68 heavy (non-hydrogen) atoms. The van der Waals surface area contributed by atoms with Crippen LogP contribution < -0.4 is 0 Å². The van der Waals surface area contributed by atoms with E-state index in [0.717, 1.165) is 28.1 Å². The molecule has 13 rings (SSSR count). The zero-order valence-corrected chi connectivity index (χ0v) is 37.3. The van der Waals surface area contributed by atoms with E-state index in [9.17, 15) is 0 Å². The van der Waals surface area contributed by atoms with Crippen LogP contribution in [0, 0.1) is 0 Å². The van der Waals surface area contributed by atoms with Crippen LogP contribution >= 0.6 is 0 Å². The largest absolute Gasteiger partial charge is 0.309 e. The van der Waals surface area contributed by atoms with Crippen LogP contribution in [0.1, 0.15) is 0 Å². The van der Waals surface area contributed by atoms with Crippen LogP contribution in [-0.2, 0) is 0 Å². The highest BCUT2D eigenvalue weighted by atomic mass is 15.0. The lowest BCUT2D eigenvalue weighted by atomic mass is 9.83. The molecule has 0 saturated heterocycles. The maximum absolute atomic E-state index is 2.43. The van der Waals surface area contributed by atoms with Crippen molar-refractivity contribution >= 4 is 43.6 Å². The molecule has 0 bridgehead atoms. The molecule has 0 radical (unpaired) electrons. The van der Waals surface area contributed by atoms with Gasteiger partial charge in [-0.1, -0.05) is 200 Å². The van der Waals surface area contributed by atoms with Gasteiger partial charge in [0.1, 0.15) is 0 Å². The van der Waals surface area contributed by atoms with Crippen LogP contribution in [0.15, 0.2) is 267 Å². The van der Waals surface area contributed by atoms with Crippen LogP contribution in [0.2, 0.25) is 0 Å². The fraction of sp³-hybridized carbons (Fsp3) is 0. The maximum Gasteiger partial charge on any atom is 0.0541 e. The van der Waals surface area contributed by atoms with Crippen LogP contribution in [0.25, 0.3) is 122 Å². The summed E-state index contributed by atoms with van der Waals surface area (Å²) in [7, 11) is 0. The lowest BCUT2D eigenvalue weighted by Crippen LogP contribution is -1.96. The highest BCUT2D eigenvalue weighted by molar-refractivity contribution is 6.10. The number of fused-ring (bicyclic) bond motifs is 6. The van der Waals surface area contributed by atoms with Crippen LogP contribution in [0.5, 0.6) is 0 Å². The van der Waals surface area contributed by atoms with Gasteiger partial charge in [0.25, 0.3) is 0 Å². The number of para-hydroxylation sites is 4. The van der Waals surface area contributed by atoms with Crippen molar-refractivity contribution in [1.29, 1.82) is 0 Å². The Hall–Kier alpha value is -8.98. The molecule has 0 spiro atoms. The second-order valence-corrected chi connectivity index (χ2v) is 17.6. The zero-order valence-electron chi connectivity index (χ0n) is 37.3. The molecule has 13 aromatic rings. The summed E-state index contributed by atoms with van der Waals surface area (Å²) in [5.41, 5.74) is 21.3. The number of nitrogens with zero attached hydrogens (tertiary/aromatic N) is 2. The van der Waals surface area contributed by atoms with Gasteiger partial charge >= 0.3 is 0 Å². The number of hydrogen-bond donors (Lipinski definition) is 0. The predicted molar refractivity (Wildman–Crippen MR) is 288 cm³/mol. The number of rotatable bonds is 8. The molecular formula is C66H44N2. The predicted octanol–water partition coefficient (Wildman–Crippen LogP) is 17.9. The minimum Gasteiger partial charge on any atom is -0.309 e. The number of hydrogen-bond acceptors (Lipinski definition) is 0. The van der Waals surface area contributed by atoms with Gasteiger partial charge in [-0.15, -0.1) is 0 Å². The third-order valence-electron chi connectivity index (χ3n) is 13.8. The molecular weight excluding hydrogens is 821 g/mol. The number of benzene rings is 11. The maximum atomic E-state index is 2.43. The molecule has 0 N–H and O–H groups in total. The minimum atomic E-state index is 1.13. The van der Waals surface area contributed by atoms with E-state index in [1.807, 2.05) is 0 Å². The van der Waals surface area contributed by atoms with E-state index in [1.54, 1.807) is 0 Å². The molecule has 11 aromatic carbocycles. The van der Waals surface area contributed by atoms with Crippen molar-refractivity contribution in [2.75, 3.05) is 0 Å². The molecule has 0 unspecified atom stereocenters. The summed E-state index contributed by atoms with van der Waals surface area (Å²) in [6.45, 7) is 0. The van der Waals surface area contributed by atoms with Crippen molar-refractivity contribution in [2.45, 2.75) is 0 Å². The van der Waals surface area contributed by atoms with Gasteiger partial charge in [0.2, 0.25) is 0 Å². The third kappa shape index (κ3) is 6.65. The smallest absolute Gasteiger partial charge is 0.0541 e. The first-order valence-electron chi connectivity index (χ1n) is 23.4. The van der Waals surface area contributed by atoms with Gasteiger partial charge in [0.05, 0.1) is 22.1 Å².